The number of aromatic carboxylic acids is 1. The van der Waals surface area contributed by atoms with Gasteiger partial charge in [-0.1, -0.05) is 91.8 Å². The van der Waals surface area contributed by atoms with Crippen LogP contribution in [-0.4, -0.2) is 115 Å². The second-order valence-corrected chi connectivity index (χ2v) is 24.8. The fourth-order valence-electron chi connectivity index (χ4n) is 7.67. The number of carboxylic acid groups (broad SMARTS) is 1. The average Bonchev–Trinajstić information content (AvgIpc) is 2.67. The van der Waals surface area contributed by atoms with Crippen molar-refractivity contribution in [3.8, 4) is 11.4 Å². The normalized spacial score (nSPS) is 11.1. The van der Waals surface area contributed by atoms with E-state index in [0.717, 1.165) is 67.0 Å². The number of hydrogen-bond acceptors (Lipinski definition) is 14. The van der Waals surface area contributed by atoms with E-state index in [-0.39, 0.29) is 26.9 Å². The molecule has 21 nitrogen and oxygen atoms in total. The molecular formula is C60H83ClN10O11S3. The van der Waals surface area contributed by atoms with E-state index in [0.29, 0.717) is 60.6 Å². The molecule has 2 heterocycles. The molecule has 7 aromatic rings. The quantitative estimate of drug-likeness (QED) is 0.0152. The number of carbonyl (C=O) groups excluding carboxylic acids is 1. The van der Waals surface area contributed by atoms with Crippen molar-refractivity contribution in [2.45, 2.75) is 122 Å². The number of anilines is 2. The Morgan fingerprint density at radius 2 is 0.976 bits per heavy atom. The Kier molecular flexibility index (Phi) is 32.1. The van der Waals surface area contributed by atoms with Gasteiger partial charge in [-0.15, -0.1) is 0 Å². The fraction of sp³-hybridized carbons (Fsp3) is 0.367. The third-order valence-corrected chi connectivity index (χ3v) is 17.0. The van der Waals surface area contributed by atoms with Crippen molar-refractivity contribution < 1.29 is 46.2 Å². The van der Waals surface area contributed by atoms with E-state index in [4.69, 9.17) is 22.9 Å². The minimum absolute atomic E-state index is 0.153. The summed E-state index contributed by atoms with van der Waals surface area (Å²) in [5.74, 6) is -1.25. The van der Waals surface area contributed by atoms with Gasteiger partial charge in [-0.3, -0.25) is 14.9 Å². The van der Waals surface area contributed by atoms with E-state index in [9.17, 15) is 45.0 Å². The Bertz CT molecular complexity index is 3450. The van der Waals surface area contributed by atoms with Crippen LogP contribution in [0.1, 0.15) is 127 Å². The topological polar surface area (TPSA) is 292 Å². The summed E-state index contributed by atoms with van der Waals surface area (Å²) in [5, 5.41) is 33.5. The monoisotopic (exact) mass is 1250 g/mol. The maximum atomic E-state index is 12.9. The lowest BCUT2D eigenvalue weighted by Crippen LogP contribution is -2.32. The van der Waals surface area contributed by atoms with Crippen molar-refractivity contribution in [1.82, 2.24) is 33.5 Å². The number of sulfonamides is 2. The van der Waals surface area contributed by atoms with Crippen molar-refractivity contribution in [2.24, 2.45) is 0 Å². The second kappa shape index (κ2) is 37.9. The number of hydrogen-bond donors (Lipinski definition) is 4. The molecule has 2 aromatic heterocycles. The Morgan fingerprint density at radius 3 is 1.32 bits per heavy atom. The molecule has 0 spiro atoms. The van der Waals surface area contributed by atoms with Crippen LogP contribution in [0.15, 0.2) is 161 Å². The van der Waals surface area contributed by atoms with Crippen LogP contribution in [0.5, 0.6) is 0 Å². The third-order valence-electron chi connectivity index (χ3n) is 11.8. The second-order valence-electron chi connectivity index (χ2n) is 18.4. The lowest BCUT2D eigenvalue weighted by Gasteiger charge is -2.21. The summed E-state index contributed by atoms with van der Waals surface area (Å²) < 4.78 is 84.4. The van der Waals surface area contributed by atoms with Crippen molar-refractivity contribution in [2.75, 3.05) is 50.3 Å². The van der Waals surface area contributed by atoms with Crippen molar-refractivity contribution >= 4 is 68.7 Å². The average molecular weight is 1250 g/mol. The smallest absolute Gasteiger partial charge is 0.339 e. The lowest BCUT2D eigenvalue weighted by atomic mass is 10.2. The Labute approximate surface area is 508 Å². The van der Waals surface area contributed by atoms with E-state index < -0.39 is 40.0 Å². The number of rotatable bonds is 23. The maximum Gasteiger partial charge on any atom is 0.339 e. The number of non-ortho nitro benzene ring substituents is 1. The number of nitrogens with zero attached hydrogens (tertiary/aromatic N) is 7. The highest BCUT2D eigenvalue weighted by Crippen LogP contribution is 2.23. The predicted octanol–water partition coefficient (Wildman–Crippen LogP) is 12.1. The van der Waals surface area contributed by atoms with E-state index in [1.807, 2.05) is 95.3 Å². The molecule has 0 saturated heterocycles. The maximum absolute atomic E-state index is 12.9. The number of para-hydroxylation sites is 2. The van der Waals surface area contributed by atoms with Crippen LogP contribution in [0.25, 0.3) is 11.4 Å². The minimum atomic E-state index is -3.80. The van der Waals surface area contributed by atoms with Crippen LogP contribution in [0.2, 0.25) is 0 Å². The zero-order valence-corrected chi connectivity index (χ0v) is 53.1. The zero-order chi connectivity index (χ0) is 64.5. The number of amides is 1. The number of aromatic nitrogens is 4. The molecule has 0 radical (unpaired) electrons. The van der Waals surface area contributed by atoms with Crippen LogP contribution in [0.4, 0.5) is 17.1 Å². The summed E-state index contributed by atoms with van der Waals surface area (Å²) in [6, 6.07) is 36.0. The molecule has 0 fully saturated rings. The van der Waals surface area contributed by atoms with E-state index in [1.165, 1.54) is 59.1 Å². The summed E-state index contributed by atoms with van der Waals surface area (Å²) in [4.78, 5) is 33.5. The summed E-state index contributed by atoms with van der Waals surface area (Å²) in [6.45, 7) is 22.5. The number of carbonyl (C=O) groups is 2. The summed E-state index contributed by atoms with van der Waals surface area (Å²) in [7, 11) is -5.72. The molecule has 0 aliphatic carbocycles. The highest BCUT2D eigenvalue weighted by molar-refractivity contribution is 8.13. The molecule has 0 atom stereocenters. The van der Waals surface area contributed by atoms with Gasteiger partial charge >= 0.3 is 5.97 Å². The van der Waals surface area contributed by atoms with Crippen molar-refractivity contribution in [3.05, 3.63) is 178 Å². The van der Waals surface area contributed by atoms with Gasteiger partial charge in [-0.25, -0.2) is 39.4 Å². The molecule has 0 bridgehead atoms. The van der Waals surface area contributed by atoms with Crippen molar-refractivity contribution in [1.29, 1.82) is 0 Å². The number of nitrogen functional groups attached to an aromatic ring is 1. The number of halogens is 1. The molecule has 0 aliphatic heterocycles. The number of nitrogens with two attached hydrogens (primary N) is 1. The standard InChI is InChI=1S/C23H28N4O3S.C12H20N2O2S.C11H10N2O2.C6H4ClNO4S.C6H15N.C2H6/c1-4-15-26(16-5-2)31(29,30)21-13-11-19(12-14-21)25-23(28)22-17-24-27(18(22)3)20-9-7-6-8-10-20;1-3-9-14(10-4-2)17(15,16)12-7-5-11(13)6-8-12;1-8-10(11(14)15)7-12-13(8)9-5-3-2-4-6-9;7-13(11,12)6-3-1-5(2-4-6)8(9)10;1-3-5-7-6-4-2;1-2/h6-14,17H,4-5,15-16H2,1-3H3,(H,25,28);5-8H,3-4,9-10,13H2,1-2H3;2-7H,1H3,(H,14,15);1-4H;7H,3-6H2,1-2H3;1-2H3/i;;;;;1D. The third kappa shape index (κ3) is 23.6. The highest BCUT2D eigenvalue weighted by Gasteiger charge is 2.25. The number of benzene rings is 5. The minimum Gasteiger partial charge on any atom is -0.478 e. The Morgan fingerprint density at radius 1 is 0.612 bits per heavy atom. The molecule has 0 aliphatic rings. The zero-order valence-electron chi connectivity index (χ0n) is 50.9. The van der Waals surface area contributed by atoms with E-state index in [2.05, 4.69) is 34.7 Å². The summed E-state index contributed by atoms with van der Waals surface area (Å²) >= 11 is 0. The van der Waals surface area contributed by atoms with E-state index in [1.54, 1.807) is 59.6 Å². The van der Waals surface area contributed by atoms with Crippen LogP contribution in [-0.2, 0) is 29.1 Å². The first-order valence-electron chi connectivity index (χ1n) is 28.4. The predicted molar refractivity (Wildman–Crippen MR) is 338 cm³/mol. The number of carboxylic acids is 1. The molecule has 464 valence electrons. The molecule has 1 amide bonds. The molecule has 25 heteroatoms. The molecule has 85 heavy (non-hydrogen) atoms. The molecule has 0 saturated carbocycles. The van der Waals surface area contributed by atoms with E-state index >= 15 is 0 Å². The van der Waals surface area contributed by atoms with Gasteiger partial charge in [0.25, 0.3) is 20.6 Å². The first kappa shape index (κ1) is 71.9. The first-order valence-corrected chi connectivity index (χ1v) is 32.9. The Hall–Kier alpha value is -7.32. The molecule has 5 aromatic carbocycles. The number of nitro benzene ring substituents is 1. The lowest BCUT2D eigenvalue weighted by molar-refractivity contribution is -0.384. The van der Waals surface area contributed by atoms with Gasteiger partial charge in [0.2, 0.25) is 20.0 Å². The fourth-order valence-corrected chi connectivity index (χ4v) is 11.7. The van der Waals surface area contributed by atoms with Gasteiger partial charge in [-0.2, -0.15) is 18.8 Å². The SMILES string of the molecule is CCCN(CCC)S(=O)(=O)c1ccc(N)cc1.CCCN(CCC)S(=O)(=O)c1ccc(NC(=O)c2cnn(-c3ccccc3)c2C)cc1.CCCNCCC.Cc1c(C(=O)O)cnn1-c1ccccc1.O=[N+]([O-])c1ccc(S(=O)(=O)Cl)cc1.[2H]CC. The highest BCUT2D eigenvalue weighted by atomic mass is 35.7. The number of nitro groups is 1. The molecule has 7 rings (SSSR count). The van der Waals surface area contributed by atoms with Gasteiger partial charge in [0.1, 0.15) is 5.56 Å². The van der Waals surface area contributed by atoms with Gasteiger partial charge in [0.05, 0.1) is 60.3 Å². The molecule has 5 N–H and O–H groups in total. The first-order chi connectivity index (χ1) is 40.8. The van der Waals surface area contributed by atoms with Gasteiger partial charge in [0, 0.05) is 61.7 Å². The van der Waals surface area contributed by atoms with Gasteiger partial charge in [-0.05, 0) is 150 Å². The largest absolute Gasteiger partial charge is 0.478 e. The van der Waals surface area contributed by atoms with Gasteiger partial charge < -0.3 is 21.5 Å². The van der Waals surface area contributed by atoms with Crippen LogP contribution < -0.4 is 16.4 Å². The van der Waals surface area contributed by atoms with Crippen LogP contribution >= 0.6 is 10.7 Å². The van der Waals surface area contributed by atoms with Crippen molar-refractivity contribution in [3.63, 3.8) is 0 Å². The van der Waals surface area contributed by atoms with Gasteiger partial charge in [0.15, 0.2) is 0 Å². The number of nitrogens with one attached hydrogen (secondary N) is 2. The van der Waals surface area contributed by atoms with Crippen LogP contribution in [0.3, 0.4) is 0 Å². The molecule has 0 unspecified atom stereocenters. The summed E-state index contributed by atoms with van der Waals surface area (Å²) in [5.41, 5.74) is 10.3. The van der Waals surface area contributed by atoms with Crippen LogP contribution in [0, 0.1) is 24.0 Å². The molecular weight excluding hydrogens is 1170 g/mol. The summed E-state index contributed by atoms with van der Waals surface area (Å²) in [6.07, 6.45) is 8.53. The Balaban J connectivity index is 0.000000391.